The van der Waals surface area contributed by atoms with Gasteiger partial charge in [-0.05, 0) is 17.7 Å². The molecule has 0 saturated carbocycles. The van der Waals surface area contributed by atoms with Crippen LogP contribution in [0, 0.1) is 10.1 Å². The third-order valence-corrected chi connectivity index (χ3v) is 2.87. The largest absolute Gasteiger partial charge is 0.478 e. The van der Waals surface area contributed by atoms with Gasteiger partial charge in [-0.1, -0.05) is 18.2 Å². The smallest absolute Gasteiger partial charge is 0.336 e. The molecule has 7 nitrogen and oxygen atoms in total. The van der Waals surface area contributed by atoms with Crippen molar-refractivity contribution in [3.8, 4) is 11.1 Å². The van der Waals surface area contributed by atoms with Gasteiger partial charge in [0.15, 0.2) is 0 Å². The molecule has 2 rings (SSSR count). The van der Waals surface area contributed by atoms with Crippen molar-refractivity contribution in [1.82, 2.24) is 0 Å². The number of nitro benzene ring substituents is 1. The maximum absolute atomic E-state index is 11.3. The number of nitrogens with zero attached hydrogens (tertiary/aromatic N) is 1. The van der Waals surface area contributed by atoms with E-state index in [1.807, 2.05) is 0 Å². The minimum atomic E-state index is -1.31. The molecule has 0 unspecified atom stereocenters. The van der Waals surface area contributed by atoms with Crippen molar-refractivity contribution in [3.63, 3.8) is 0 Å². The minimum absolute atomic E-state index is 0.0544. The summed E-state index contributed by atoms with van der Waals surface area (Å²) in [6, 6.07) is 9.01. The lowest BCUT2D eigenvalue weighted by molar-refractivity contribution is -0.384. The predicted molar refractivity (Wildman–Crippen MR) is 72.5 cm³/mol. The highest BCUT2D eigenvalue weighted by atomic mass is 16.6. The van der Waals surface area contributed by atoms with Gasteiger partial charge in [0, 0.05) is 17.7 Å². The number of carboxylic acids is 2. The van der Waals surface area contributed by atoms with Crippen LogP contribution in [0.15, 0.2) is 42.5 Å². The first-order valence-corrected chi connectivity index (χ1v) is 5.76. The molecule has 0 fully saturated rings. The number of rotatable bonds is 4. The number of hydrogen-bond acceptors (Lipinski definition) is 4. The molecular weight excluding hydrogens is 278 g/mol. The van der Waals surface area contributed by atoms with Gasteiger partial charge in [-0.2, -0.15) is 0 Å². The van der Waals surface area contributed by atoms with E-state index in [0.717, 1.165) is 6.07 Å². The summed E-state index contributed by atoms with van der Waals surface area (Å²) in [6.07, 6.45) is 0. The SMILES string of the molecule is O=C(O)c1cccc(C(=O)O)c1-c1cccc([N+](=O)[O-])c1. The summed E-state index contributed by atoms with van der Waals surface area (Å²) in [4.78, 5) is 32.7. The van der Waals surface area contributed by atoms with Gasteiger partial charge in [-0.3, -0.25) is 10.1 Å². The summed E-state index contributed by atoms with van der Waals surface area (Å²) in [6.45, 7) is 0. The maximum Gasteiger partial charge on any atom is 0.336 e. The lowest BCUT2D eigenvalue weighted by Gasteiger charge is -2.10. The highest BCUT2D eigenvalue weighted by Gasteiger charge is 2.20. The minimum Gasteiger partial charge on any atom is -0.478 e. The highest BCUT2D eigenvalue weighted by molar-refractivity contribution is 6.05. The van der Waals surface area contributed by atoms with E-state index in [1.165, 1.54) is 36.4 Å². The molecule has 2 aromatic carbocycles. The van der Waals surface area contributed by atoms with E-state index in [4.69, 9.17) is 0 Å². The van der Waals surface area contributed by atoms with E-state index in [0.29, 0.717) is 0 Å². The molecule has 0 spiro atoms. The van der Waals surface area contributed by atoms with Gasteiger partial charge < -0.3 is 10.2 Å². The Kier molecular flexibility index (Phi) is 3.66. The lowest BCUT2D eigenvalue weighted by Crippen LogP contribution is -2.07. The second kappa shape index (κ2) is 5.41. The Bertz CT molecular complexity index is 721. The van der Waals surface area contributed by atoms with E-state index in [9.17, 15) is 29.9 Å². The van der Waals surface area contributed by atoms with E-state index in [-0.39, 0.29) is 27.9 Å². The van der Waals surface area contributed by atoms with Gasteiger partial charge in [0.25, 0.3) is 5.69 Å². The van der Waals surface area contributed by atoms with Gasteiger partial charge in [-0.15, -0.1) is 0 Å². The van der Waals surface area contributed by atoms with Crippen LogP contribution in [-0.4, -0.2) is 27.1 Å². The van der Waals surface area contributed by atoms with Crippen LogP contribution in [0.2, 0.25) is 0 Å². The maximum atomic E-state index is 11.3. The van der Waals surface area contributed by atoms with Crippen LogP contribution < -0.4 is 0 Å². The van der Waals surface area contributed by atoms with Crippen molar-refractivity contribution < 1.29 is 24.7 Å². The topological polar surface area (TPSA) is 118 Å². The third-order valence-electron chi connectivity index (χ3n) is 2.87. The number of aromatic carboxylic acids is 2. The number of hydrogen-bond donors (Lipinski definition) is 2. The zero-order valence-corrected chi connectivity index (χ0v) is 10.5. The van der Waals surface area contributed by atoms with Gasteiger partial charge >= 0.3 is 11.9 Å². The molecule has 7 heteroatoms. The van der Waals surface area contributed by atoms with Gasteiger partial charge in [0.05, 0.1) is 16.1 Å². The van der Waals surface area contributed by atoms with Crippen LogP contribution in [0.5, 0.6) is 0 Å². The van der Waals surface area contributed by atoms with Crippen LogP contribution in [0.25, 0.3) is 11.1 Å². The summed E-state index contributed by atoms with van der Waals surface area (Å²) < 4.78 is 0. The Morgan fingerprint density at radius 2 is 1.48 bits per heavy atom. The molecule has 0 aliphatic carbocycles. The number of benzene rings is 2. The number of nitro groups is 1. The molecule has 0 saturated heterocycles. The Balaban J connectivity index is 2.77. The Morgan fingerprint density at radius 1 is 0.952 bits per heavy atom. The molecular formula is C14H9NO6. The fraction of sp³-hybridized carbons (Fsp3) is 0. The summed E-state index contributed by atoms with van der Waals surface area (Å²) >= 11 is 0. The molecule has 2 N–H and O–H groups in total. The fourth-order valence-corrected chi connectivity index (χ4v) is 1.99. The first-order chi connectivity index (χ1) is 9.91. The highest BCUT2D eigenvalue weighted by Crippen LogP contribution is 2.30. The van der Waals surface area contributed by atoms with E-state index in [1.54, 1.807) is 0 Å². The van der Waals surface area contributed by atoms with Crippen molar-refractivity contribution >= 4 is 17.6 Å². The number of carbonyl (C=O) groups is 2. The Morgan fingerprint density at radius 3 is 1.95 bits per heavy atom. The van der Waals surface area contributed by atoms with Gasteiger partial charge in [0.2, 0.25) is 0 Å². The zero-order valence-electron chi connectivity index (χ0n) is 10.5. The molecule has 0 atom stereocenters. The molecule has 0 aliphatic heterocycles. The van der Waals surface area contributed by atoms with Crippen LogP contribution in [0.3, 0.4) is 0 Å². The van der Waals surface area contributed by atoms with Crippen molar-refractivity contribution in [3.05, 3.63) is 63.7 Å². The summed E-state index contributed by atoms with van der Waals surface area (Å²) in [7, 11) is 0. The molecule has 2 aromatic rings. The normalized spacial score (nSPS) is 10.1. The van der Waals surface area contributed by atoms with Crippen LogP contribution in [0.1, 0.15) is 20.7 Å². The molecule has 21 heavy (non-hydrogen) atoms. The Hall–Kier alpha value is -3.22. The van der Waals surface area contributed by atoms with Crippen LogP contribution >= 0.6 is 0 Å². The molecule has 0 radical (unpaired) electrons. The monoisotopic (exact) mass is 287 g/mol. The average Bonchev–Trinajstić information content (AvgIpc) is 2.46. The molecule has 0 amide bonds. The van der Waals surface area contributed by atoms with E-state index in [2.05, 4.69) is 0 Å². The van der Waals surface area contributed by atoms with Crippen LogP contribution in [0.4, 0.5) is 5.69 Å². The van der Waals surface area contributed by atoms with Crippen molar-refractivity contribution in [2.45, 2.75) is 0 Å². The van der Waals surface area contributed by atoms with E-state index >= 15 is 0 Å². The quantitative estimate of drug-likeness (QED) is 0.659. The first kappa shape index (κ1) is 14.2. The molecule has 0 bridgehead atoms. The second-order valence-electron chi connectivity index (χ2n) is 4.15. The lowest BCUT2D eigenvalue weighted by atomic mass is 9.94. The van der Waals surface area contributed by atoms with Crippen LogP contribution in [-0.2, 0) is 0 Å². The van der Waals surface area contributed by atoms with Crippen molar-refractivity contribution in [2.24, 2.45) is 0 Å². The third kappa shape index (κ3) is 2.71. The molecule has 0 aromatic heterocycles. The fourth-order valence-electron chi connectivity index (χ4n) is 1.99. The second-order valence-corrected chi connectivity index (χ2v) is 4.15. The molecule has 0 aliphatic rings. The summed E-state index contributed by atoms with van der Waals surface area (Å²) in [5.74, 6) is -2.61. The Labute approximate surface area is 118 Å². The number of non-ortho nitro benzene ring substituents is 1. The van der Waals surface area contributed by atoms with Crippen molar-refractivity contribution in [2.75, 3.05) is 0 Å². The molecule has 0 heterocycles. The molecule has 106 valence electrons. The van der Waals surface area contributed by atoms with Crippen molar-refractivity contribution in [1.29, 1.82) is 0 Å². The predicted octanol–water partition coefficient (Wildman–Crippen LogP) is 2.66. The van der Waals surface area contributed by atoms with Gasteiger partial charge in [0.1, 0.15) is 0 Å². The summed E-state index contributed by atoms with van der Waals surface area (Å²) in [5, 5.41) is 29.2. The standard InChI is InChI=1S/C14H9NO6/c16-13(17)10-5-2-6-11(14(18)19)12(10)8-3-1-4-9(7-8)15(20)21/h1-7H,(H,16,17)(H,18,19). The average molecular weight is 287 g/mol. The number of carboxylic acid groups (broad SMARTS) is 2. The van der Waals surface area contributed by atoms with Gasteiger partial charge in [-0.25, -0.2) is 9.59 Å². The zero-order chi connectivity index (χ0) is 15.6. The first-order valence-electron chi connectivity index (χ1n) is 5.76. The van der Waals surface area contributed by atoms with E-state index < -0.39 is 16.9 Å². The summed E-state index contributed by atoms with van der Waals surface area (Å²) in [5.41, 5.74) is -0.587.